The summed E-state index contributed by atoms with van der Waals surface area (Å²) in [5.74, 6) is 0. The Morgan fingerprint density at radius 2 is 1.94 bits per heavy atom. The van der Waals surface area contributed by atoms with Crippen molar-refractivity contribution in [3.05, 3.63) is 34.3 Å². The van der Waals surface area contributed by atoms with Crippen molar-refractivity contribution in [3.63, 3.8) is 0 Å². The second-order valence-corrected chi connectivity index (χ2v) is 6.32. The Hall–Kier alpha value is -0.380. The average Bonchev–Trinajstić information content (AvgIpc) is 2.20. The summed E-state index contributed by atoms with van der Waals surface area (Å²) in [7, 11) is 2.16. The first kappa shape index (κ1) is 14.7. The topological polar surface area (TPSA) is 29.3 Å². The number of nitrogens with two attached hydrogens (primary N) is 1. The molecule has 0 radical (unpaired) electrons. The molecule has 3 heteroatoms. The fraction of sp³-hybridized carbons (Fsp3) is 0.571. The van der Waals surface area contributed by atoms with Gasteiger partial charge >= 0.3 is 0 Å². The summed E-state index contributed by atoms with van der Waals surface area (Å²) in [6.07, 6.45) is 1.06. The SMILES string of the molecule is CN(Cc1ccccc1Br)CC(C)(C)CCN. The monoisotopic (exact) mass is 298 g/mol. The first-order valence-electron chi connectivity index (χ1n) is 6.06. The minimum Gasteiger partial charge on any atom is -0.330 e. The molecule has 0 spiro atoms. The van der Waals surface area contributed by atoms with Gasteiger partial charge in [-0.15, -0.1) is 0 Å². The Kier molecular flexibility index (Phi) is 5.63. The van der Waals surface area contributed by atoms with E-state index < -0.39 is 0 Å². The summed E-state index contributed by atoms with van der Waals surface area (Å²) in [4.78, 5) is 2.36. The lowest BCUT2D eigenvalue weighted by molar-refractivity contribution is 0.194. The Balaban J connectivity index is 2.55. The van der Waals surface area contributed by atoms with Crippen LogP contribution in [0.3, 0.4) is 0 Å². The smallest absolute Gasteiger partial charge is 0.0242 e. The summed E-state index contributed by atoms with van der Waals surface area (Å²) in [6.45, 7) is 7.34. The maximum atomic E-state index is 5.64. The van der Waals surface area contributed by atoms with Gasteiger partial charge in [-0.2, -0.15) is 0 Å². The zero-order valence-electron chi connectivity index (χ0n) is 11.0. The fourth-order valence-corrected chi connectivity index (χ4v) is 2.58. The summed E-state index contributed by atoms with van der Waals surface area (Å²) >= 11 is 3.59. The van der Waals surface area contributed by atoms with Gasteiger partial charge in [0.15, 0.2) is 0 Å². The van der Waals surface area contributed by atoms with E-state index in [9.17, 15) is 0 Å². The molecule has 0 saturated carbocycles. The van der Waals surface area contributed by atoms with Crippen molar-refractivity contribution in [1.29, 1.82) is 0 Å². The van der Waals surface area contributed by atoms with Crippen LogP contribution in [0.1, 0.15) is 25.8 Å². The van der Waals surface area contributed by atoms with Gasteiger partial charge in [-0.05, 0) is 37.1 Å². The number of rotatable bonds is 6. The van der Waals surface area contributed by atoms with Crippen molar-refractivity contribution in [1.82, 2.24) is 4.90 Å². The first-order valence-corrected chi connectivity index (χ1v) is 6.86. The molecule has 0 aliphatic heterocycles. The van der Waals surface area contributed by atoms with Crippen LogP contribution in [0.2, 0.25) is 0 Å². The van der Waals surface area contributed by atoms with E-state index in [1.807, 2.05) is 6.07 Å². The molecule has 0 atom stereocenters. The minimum atomic E-state index is 0.282. The highest BCUT2D eigenvalue weighted by atomic mass is 79.9. The van der Waals surface area contributed by atoms with Gasteiger partial charge in [-0.1, -0.05) is 48.0 Å². The van der Waals surface area contributed by atoms with Gasteiger partial charge < -0.3 is 10.6 Å². The quantitative estimate of drug-likeness (QED) is 0.873. The number of hydrogen-bond donors (Lipinski definition) is 1. The maximum Gasteiger partial charge on any atom is 0.0242 e. The summed E-state index contributed by atoms with van der Waals surface area (Å²) in [5.41, 5.74) is 7.26. The van der Waals surface area contributed by atoms with E-state index in [1.165, 1.54) is 10.0 Å². The third kappa shape index (κ3) is 5.19. The summed E-state index contributed by atoms with van der Waals surface area (Å²) in [5, 5.41) is 0. The van der Waals surface area contributed by atoms with E-state index >= 15 is 0 Å². The van der Waals surface area contributed by atoms with Crippen LogP contribution in [0, 0.1) is 5.41 Å². The molecule has 2 nitrogen and oxygen atoms in total. The molecule has 17 heavy (non-hydrogen) atoms. The standard InChI is InChI=1S/C14H23BrN2/c1-14(2,8-9-16)11-17(3)10-12-6-4-5-7-13(12)15/h4-7H,8-11,16H2,1-3H3. The Labute approximate surface area is 113 Å². The van der Waals surface area contributed by atoms with E-state index in [4.69, 9.17) is 5.73 Å². The Morgan fingerprint density at radius 1 is 1.29 bits per heavy atom. The van der Waals surface area contributed by atoms with E-state index in [-0.39, 0.29) is 5.41 Å². The molecule has 0 amide bonds. The Bertz CT molecular complexity index is 350. The molecule has 0 unspecified atom stereocenters. The summed E-state index contributed by atoms with van der Waals surface area (Å²) in [6, 6.07) is 8.38. The largest absolute Gasteiger partial charge is 0.330 e. The minimum absolute atomic E-state index is 0.282. The average molecular weight is 299 g/mol. The molecular weight excluding hydrogens is 276 g/mol. The highest BCUT2D eigenvalue weighted by Crippen LogP contribution is 2.23. The predicted molar refractivity (Wildman–Crippen MR) is 77.9 cm³/mol. The number of nitrogens with zero attached hydrogens (tertiary/aromatic N) is 1. The van der Waals surface area contributed by atoms with Crippen molar-refractivity contribution in [2.75, 3.05) is 20.1 Å². The molecule has 96 valence electrons. The highest BCUT2D eigenvalue weighted by molar-refractivity contribution is 9.10. The zero-order chi connectivity index (χ0) is 12.9. The van der Waals surface area contributed by atoms with Crippen molar-refractivity contribution >= 4 is 15.9 Å². The zero-order valence-corrected chi connectivity index (χ0v) is 12.6. The van der Waals surface area contributed by atoms with Crippen molar-refractivity contribution < 1.29 is 0 Å². The van der Waals surface area contributed by atoms with Crippen LogP contribution in [0.5, 0.6) is 0 Å². The molecule has 0 fully saturated rings. The van der Waals surface area contributed by atoms with Crippen LogP contribution in [-0.4, -0.2) is 25.0 Å². The number of hydrogen-bond acceptors (Lipinski definition) is 2. The molecule has 0 aliphatic carbocycles. The molecule has 2 N–H and O–H groups in total. The number of halogens is 1. The number of benzene rings is 1. The third-order valence-corrected chi connectivity index (χ3v) is 3.69. The molecule has 0 aliphatic rings. The second kappa shape index (κ2) is 6.53. The van der Waals surface area contributed by atoms with Gasteiger partial charge in [-0.25, -0.2) is 0 Å². The normalized spacial score (nSPS) is 12.1. The van der Waals surface area contributed by atoms with Gasteiger partial charge in [0.1, 0.15) is 0 Å². The van der Waals surface area contributed by atoms with Gasteiger partial charge in [0.2, 0.25) is 0 Å². The van der Waals surface area contributed by atoms with E-state index in [1.54, 1.807) is 0 Å². The lowest BCUT2D eigenvalue weighted by atomic mass is 9.89. The van der Waals surface area contributed by atoms with Crippen LogP contribution in [-0.2, 0) is 6.54 Å². The van der Waals surface area contributed by atoms with Crippen LogP contribution in [0.4, 0.5) is 0 Å². The highest BCUT2D eigenvalue weighted by Gasteiger charge is 2.19. The van der Waals surface area contributed by atoms with Gasteiger partial charge in [0.25, 0.3) is 0 Å². The lowest BCUT2D eigenvalue weighted by Crippen LogP contribution is -2.32. The Morgan fingerprint density at radius 3 is 2.53 bits per heavy atom. The van der Waals surface area contributed by atoms with Crippen molar-refractivity contribution in [2.45, 2.75) is 26.8 Å². The molecule has 1 aromatic carbocycles. The van der Waals surface area contributed by atoms with Crippen LogP contribution < -0.4 is 5.73 Å². The van der Waals surface area contributed by atoms with Gasteiger partial charge in [0, 0.05) is 17.6 Å². The molecule has 0 saturated heterocycles. The van der Waals surface area contributed by atoms with E-state index in [2.05, 4.69) is 59.9 Å². The molecule has 0 bridgehead atoms. The van der Waals surface area contributed by atoms with E-state index in [0.717, 1.165) is 26.1 Å². The molecule has 1 rings (SSSR count). The van der Waals surface area contributed by atoms with Crippen molar-refractivity contribution in [2.24, 2.45) is 11.1 Å². The van der Waals surface area contributed by atoms with Gasteiger partial charge in [0.05, 0.1) is 0 Å². The lowest BCUT2D eigenvalue weighted by Gasteiger charge is -2.30. The fourth-order valence-electron chi connectivity index (χ4n) is 2.17. The van der Waals surface area contributed by atoms with Crippen LogP contribution in [0.15, 0.2) is 28.7 Å². The first-order chi connectivity index (χ1) is 7.94. The van der Waals surface area contributed by atoms with Crippen molar-refractivity contribution in [3.8, 4) is 0 Å². The molecular formula is C14H23BrN2. The molecule has 0 heterocycles. The van der Waals surface area contributed by atoms with Crippen LogP contribution in [0.25, 0.3) is 0 Å². The molecule has 1 aromatic rings. The predicted octanol–water partition coefficient (Wildman–Crippen LogP) is 3.26. The second-order valence-electron chi connectivity index (χ2n) is 5.47. The van der Waals surface area contributed by atoms with E-state index in [0.29, 0.717) is 0 Å². The van der Waals surface area contributed by atoms with Gasteiger partial charge in [-0.3, -0.25) is 0 Å². The third-order valence-electron chi connectivity index (χ3n) is 2.92. The molecule has 0 aromatic heterocycles. The maximum absolute atomic E-state index is 5.64. The van der Waals surface area contributed by atoms with Crippen LogP contribution >= 0.6 is 15.9 Å². The summed E-state index contributed by atoms with van der Waals surface area (Å²) < 4.78 is 1.18.